The second-order valence-electron chi connectivity index (χ2n) is 7.21. The molecule has 1 heterocycles. The molecule has 3 rings (SSSR count). The number of para-hydroxylation sites is 1. The smallest absolute Gasteiger partial charge is 0.407 e. The van der Waals surface area contributed by atoms with E-state index in [9.17, 15) is 14.4 Å². The molecule has 0 aliphatic heterocycles. The van der Waals surface area contributed by atoms with Gasteiger partial charge in [-0.1, -0.05) is 12.1 Å². The minimum absolute atomic E-state index is 0.0693. The van der Waals surface area contributed by atoms with Crippen LogP contribution in [-0.2, 0) is 20.7 Å². The van der Waals surface area contributed by atoms with E-state index >= 15 is 0 Å². The maximum atomic E-state index is 12.1. The van der Waals surface area contributed by atoms with E-state index in [0.717, 1.165) is 25.7 Å². The van der Waals surface area contributed by atoms with Gasteiger partial charge in [0.05, 0.1) is 17.5 Å². The molecule has 0 atom stereocenters. The van der Waals surface area contributed by atoms with Crippen molar-refractivity contribution in [2.45, 2.75) is 64.0 Å². The first-order valence-corrected chi connectivity index (χ1v) is 10.2. The third kappa shape index (κ3) is 6.04. The predicted octanol–water partition coefficient (Wildman–Crippen LogP) is 2.85. The molecule has 2 N–H and O–H groups in total. The SMILES string of the molecule is CCOC(=O)NC1CCC(OC(=O)CCCc2nc3ccccc3c(=O)[nH]2)CC1. The standard InChI is InChI=1S/C21H27N3O5/c1-2-28-21(27)22-14-10-12-15(13-11-14)29-19(25)9-5-8-18-23-17-7-4-3-6-16(17)20(26)24-18/h3-4,6-7,14-15H,2,5,8-13H2,1H3,(H,22,27)(H,23,24,26). The fourth-order valence-corrected chi connectivity index (χ4v) is 3.56. The van der Waals surface area contributed by atoms with Gasteiger partial charge in [-0.3, -0.25) is 9.59 Å². The van der Waals surface area contributed by atoms with E-state index in [1.807, 2.05) is 6.07 Å². The molecule has 29 heavy (non-hydrogen) atoms. The zero-order chi connectivity index (χ0) is 20.6. The van der Waals surface area contributed by atoms with Gasteiger partial charge in [-0.05, 0) is 51.2 Å². The zero-order valence-corrected chi connectivity index (χ0v) is 16.6. The number of aromatic nitrogens is 2. The summed E-state index contributed by atoms with van der Waals surface area (Å²) in [6, 6.07) is 7.25. The maximum Gasteiger partial charge on any atom is 0.407 e. The molecule has 0 radical (unpaired) electrons. The Kier molecular flexibility index (Phi) is 7.21. The number of fused-ring (bicyclic) bond motifs is 1. The van der Waals surface area contributed by atoms with Crippen LogP contribution in [0.25, 0.3) is 10.9 Å². The number of nitrogens with one attached hydrogen (secondary N) is 2. The van der Waals surface area contributed by atoms with Crippen LogP contribution >= 0.6 is 0 Å². The Morgan fingerprint density at radius 2 is 1.97 bits per heavy atom. The normalized spacial score (nSPS) is 18.9. The van der Waals surface area contributed by atoms with Gasteiger partial charge in [0, 0.05) is 18.9 Å². The van der Waals surface area contributed by atoms with Crippen molar-refractivity contribution in [1.29, 1.82) is 0 Å². The van der Waals surface area contributed by atoms with Crippen molar-refractivity contribution in [1.82, 2.24) is 15.3 Å². The highest BCUT2D eigenvalue weighted by Gasteiger charge is 2.25. The highest BCUT2D eigenvalue weighted by atomic mass is 16.5. The number of carbonyl (C=O) groups excluding carboxylic acids is 2. The number of amides is 1. The van der Waals surface area contributed by atoms with Crippen molar-refractivity contribution in [3.63, 3.8) is 0 Å². The number of nitrogens with zero attached hydrogens (tertiary/aromatic N) is 1. The minimum atomic E-state index is -0.395. The third-order valence-electron chi connectivity index (χ3n) is 5.03. The van der Waals surface area contributed by atoms with Gasteiger partial charge in [-0.15, -0.1) is 0 Å². The highest BCUT2D eigenvalue weighted by molar-refractivity contribution is 5.77. The number of aromatic amines is 1. The summed E-state index contributed by atoms with van der Waals surface area (Å²) < 4.78 is 10.4. The van der Waals surface area contributed by atoms with Crippen LogP contribution < -0.4 is 10.9 Å². The summed E-state index contributed by atoms with van der Waals surface area (Å²) in [5.74, 6) is 0.335. The second kappa shape index (κ2) is 10.0. The molecule has 8 nitrogen and oxygen atoms in total. The Morgan fingerprint density at radius 3 is 2.72 bits per heavy atom. The number of alkyl carbamates (subject to hydrolysis) is 1. The Balaban J connectivity index is 1.39. The first kappa shape index (κ1) is 20.8. The lowest BCUT2D eigenvalue weighted by atomic mass is 9.93. The highest BCUT2D eigenvalue weighted by Crippen LogP contribution is 2.22. The first-order chi connectivity index (χ1) is 14.0. The summed E-state index contributed by atoms with van der Waals surface area (Å²) in [6.07, 6.45) is 3.81. The van der Waals surface area contributed by atoms with Crippen molar-refractivity contribution in [2.75, 3.05) is 6.61 Å². The Morgan fingerprint density at radius 1 is 1.21 bits per heavy atom. The van der Waals surface area contributed by atoms with Crippen LogP contribution in [0, 0.1) is 0 Å². The molecule has 0 bridgehead atoms. The molecular weight excluding hydrogens is 374 g/mol. The molecule has 2 aromatic rings. The molecule has 1 fully saturated rings. The summed E-state index contributed by atoms with van der Waals surface area (Å²) in [5.41, 5.74) is 0.489. The van der Waals surface area contributed by atoms with Gasteiger partial charge >= 0.3 is 12.1 Å². The molecule has 1 saturated carbocycles. The van der Waals surface area contributed by atoms with E-state index in [4.69, 9.17) is 9.47 Å². The summed E-state index contributed by atoms with van der Waals surface area (Å²) in [7, 11) is 0. The number of rotatable bonds is 7. The van der Waals surface area contributed by atoms with Crippen molar-refractivity contribution in [3.8, 4) is 0 Å². The summed E-state index contributed by atoms with van der Waals surface area (Å²) in [5, 5.41) is 3.38. The Labute approximate surface area is 169 Å². The fourth-order valence-electron chi connectivity index (χ4n) is 3.56. The summed E-state index contributed by atoms with van der Waals surface area (Å²) in [6.45, 7) is 2.12. The zero-order valence-electron chi connectivity index (χ0n) is 16.6. The number of benzene rings is 1. The van der Waals surface area contributed by atoms with E-state index in [2.05, 4.69) is 15.3 Å². The van der Waals surface area contributed by atoms with Crippen LogP contribution in [0.3, 0.4) is 0 Å². The predicted molar refractivity (Wildman–Crippen MR) is 108 cm³/mol. The van der Waals surface area contributed by atoms with Crippen molar-refractivity contribution < 1.29 is 19.1 Å². The fraction of sp³-hybridized carbons (Fsp3) is 0.524. The van der Waals surface area contributed by atoms with Crippen LogP contribution in [0.15, 0.2) is 29.1 Å². The number of hydrogen-bond acceptors (Lipinski definition) is 6. The molecule has 1 aromatic carbocycles. The van der Waals surface area contributed by atoms with Crippen LogP contribution in [0.1, 0.15) is 51.3 Å². The van der Waals surface area contributed by atoms with Crippen LogP contribution in [-0.4, -0.2) is 40.8 Å². The van der Waals surface area contributed by atoms with Gasteiger partial charge in [-0.2, -0.15) is 0 Å². The molecule has 0 unspecified atom stereocenters. The number of ether oxygens (including phenoxy) is 2. The average Bonchev–Trinajstić information content (AvgIpc) is 2.70. The van der Waals surface area contributed by atoms with E-state index in [1.165, 1.54) is 0 Å². The van der Waals surface area contributed by atoms with Crippen molar-refractivity contribution in [2.24, 2.45) is 0 Å². The molecule has 0 spiro atoms. The Bertz CT molecular complexity index is 903. The first-order valence-electron chi connectivity index (χ1n) is 10.2. The molecule has 1 aliphatic carbocycles. The van der Waals surface area contributed by atoms with E-state index < -0.39 is 6.09 Å². The number of hydrogen-bond donors (Lipinski definition) is 2. The average molecular weight is 401 g/mol. The molecule has 1 aromatic heterocycles. The van der Waals surface area contributed by atoms with Gasteiger partial charge in [0.1, 0.15) is 11.9 Å². The van der Waals surface area contributed by atoms with Gasteiger partial charge in [0.15, 0.2) is 0 Å². The molecule has 1 aliphatic rings. The van der Waals surface area contributed by atoms with Crippen LogP contribution in [0.2, 0.25) is 0 Å². The monoisotopic (exact) mass is 401 g/mol. The van der Waals surface area contributed by atoms with Crippen molar-refractivity contribution in [3.05, 3.63) is 40.4 Å². The van der Waals surface area contributed by atoms with E-state index in [0.29, 0.717) is 36.2 Å². The molecule has 156 valence electrons. The van der Waals surface area contributed by atoms with Crippen LogP contribution in [0.4, 0.5) is 4.79 Å². The molecule has 1 amide bonds. The van der Waals surface area contributed by atoms with E-state index in [-0.39, 0.29) is 30.1 Å². The lowest BCUT2D eigenvalue weighted by Crippen LogP contribution is -2.39. The lowest BCUT2D eigenvalue weighted by Gasteiger charge is -2.28. The molecule has 0 saturated heterocycles. The summed E-state index contributed by atoms with van der Waals surface area (Å²) in [4.78, 5) is 42.9. The lowest BCUT2D eigenvalue weighted by molar-refractivity contribution is -0.150. The minimum Gasteiger partial charge on any atom is -0.462 e. The molecular formula is C21H27N3O5. The number of esters is 1. The second-order valence-corrected chi connectivity index (χ2v) is 7.21. The van der Waals surface area contributed by atoms with Crippen LogP contribution in [0.5, 0.6) is 0 Å². The maximum absolute atomic E-state index is 12.1. The van der Waals surface area contributed by atoms with Gasteiger partial charge in [0.2, 0.25) is 0 Å². The number of H-pyrrole nitrogens is 1. The molecule has 8 heteroatoms. The van der Waals surface area contributed by atoms with Crippen molar-refractivity contribution >= 4 is 23.0 Å². The third-order valence-corrected chi connectivity index (χ3v) is 5.03. The van der Waals surface area contributed by atoms with Gasteiger partial charge in [-0.25, -0.2) is 9.78 Å². The number of carbonyl (C=O) groups is 2. The van der Waals surface area contributed by atoms with Gasteiger partial charge < -0.3 is 19.8 Å². The summed E-state index contributed by atoms with van der Waals surface area (Å²) >= 11 is 0. The quantitative estimate of drug-likeness (QED) is 0.690. The number of aryl methyl sites for hydroxylation is 1. The van der Waals surface area contributed by atoms with Gasteiger partial charge in [0.25, 0.3) is 5.56 Å². The largest absolute Gasteiger partial charge is 0.462 e. The topological polar surface area (TPSA) is 110 Å². The Hall–Kier alpha value is -2.90. The van der Waals surface area contributed by atoms with E-state index in [1.54, 1.807) is 25.1 Å².